The molecule has 0 radical (unpaired) electrons. The number of rotatable bonds is 1. The highest BCUT2D eigenvalue weighted by atomic mass is 16.5. The Hall–Kier alpha value is -1.06. The molecule has 0 unspecified atom stereocenters. The van der Waals surface area contributed by atoms with E-state index in [9.17, 15) is 5.11 Å². The second-order valence-corrected chi connectivity index (χ2v) is 3.69. The van der Waals surface area contributed by atoms with Gasteiger partial charge in [-0.2, -0.15) is 0 Å². The molecule has 1 heterocycles. The van der Waals surface area contributed by atoms with Gasteiger partial charge >= 0.3 is 0 Å². The molecule has 1 aliphatic rings. The molecule has 0 saturated heterocycles. The fraction of sp³-hybridized carbons (Fsp3) is 0.455. The van der Waals surface area contributed by atoms with Crippen molar-refractivity contribution in [3.8, 4) is 5.75 Å². The van der Waals surface area contributed by atoms with Crippen LogP contribution in [0.1, 0.15) is 29.2 Å². The summed E-state index contributed by atoms with van der Waals surface area (Å²) >= 11 is 0. The number of aliphatic hydroxyl groups excluding tert-OH is 1. The molecule has 1 aromatic rings. The van der Waals surface area contributed by atoms with Crippen LogP contribution >= 0.6 is 0 Å². The summed E-state index contributed by atoms with van der Waals surface area (Å²) in [6.07, 6.45) is 0.823. The van der Waals surface area contributed by atoms with E-state index in [1.807, 2.05) is 19.1 Å². The highest BCUT2D eigenvalue weighted by Crippen LogP contribution is 2.36. The van der Waals surface area contributed by atoms with Gasteiger partial charge in [0.2, 0.25) is 0 Å². The minimum atomic E-state index is 0.000741. The fourth-order valence-corrected chi connectivity index (χ4v) is 1.92. The van der Waals surface area contributed by atoms with E-state index < -0.39 is 0 Å². The quantitative estimate of drug-likeness (QED) is 0.706. The number of hydrogen-bond donors (Lipinski definition) is 2. The maximum atomic E-state index is 9.19. The Bertz CT molecular complexity index is 349. The first-order valence-electron chi connectivity index (χ1n) is 4.85. The zero-order chi connectivity index (χ0) is 10.1. The van der Waals surface area contributed by atoms with Crippen LogP contribution < -0.4 is 10.5 Å². The lowest BCUT2D eigenvalue weighted by Gasteiger charge is -2.26. The van der Waals surface area contributed by atoms with Crippen molar-refractivity contribution in [2.24, 2.45) is 5.73 Å². The Balaban J connectivity index is 2.58. The first kappa shape index (κ1) is 9.49. The van der Waals surface area contributed by atoms with E-state index in [2.05, 4.69) is 0 Å². The Labute approximate surface area is 83.5 Å². The predicted molar refractivity (Wildman–Crippen MR) is 54.1 cm³/mol. The normalized spacial score (nSPS) is 20.1. The number of nitrogens with two attached hydrogens (primary N) is 1. The highest BCUT2D eigenvalue weighted by molar-refractivity contribution is 5.48. The Morgan fingerprint density at radius 3 is 3.07 bits per heavy atom. The van der Waals surface area contributed by atoms with Gasteiger partial charge in [-0.1, -0.05) is 12.1 Å². The van der Waals surface area contributed by atoms with Crippen LogP contribution in [-0.4, -0.2) is 11.7 Å². The van der Waals surface area contributed by atoms with Gasteiger partial charge in [-0.05, 0) is 18.1 Å². The van der Waals surface area contributed by atoms with E-state index in [4.69, 9.17) is 10.5 Å². The number of ether oxygens (including phenoxy) is 1. The first-order valence-corrected chi connectivity index (χ1v) is 4.85. The van der Waals surface area contributed by atoms with Gasteiger partial charge in [0.05, 0.1) is 13.2 Å². The average Bonchev–Trinajstić information content (AvgIpc) is 2.20. The van der Waals surface area contributed by atoms with Crippen molar-refractivity contribution in [2.45, 2.75) is 26.0 Å². The molecule has 1 aromatic carbocycles. The van der Waals surface area contributed by atoms with Crippen LogP contribution in [0.15, 0.2) is 12.1 Å². The summed E-state index contributed by atoms with van der Waals surface area (Å²) in [5.41, 5.74) is 8.96. The van der Waals surface area contributed by atoms with E-state index in [-0.39, 0.29) is 12.6 Å². The van der Waals surface area contributed by atoms with Crippen molar-refractivity contribution in [1.29, 1.82) is 0 Å². The molecule has 2 rings (SSSR count). The van der Waals surface area contributed by atoms with Crippen molar-refractivity contribution in [3.63, 3.8) is 0 Å². The van der Waals surface area contributed by atoms with Crippen molar-refractivity contribution in [3.05, 3.63) is 28.8 Å². The molecule has 14 heavy (non-hydrogen) atoms. The molecular weight excluding hydrogens is 178 g/mol. The molecule has 3 heteroatoms. The zero-order valence-corrected chi connectivity index (χ0v) is 8.29. The highest BCUT2D eigenvalue weighted by Gasteiger charge is 2.22. The van der Waals surface area contributed by atoms with E-state index >= 15 is 0 Å². The largest absolute Gasteiger partial charge is 0.493 e. The number of aliphatic hydroxyl groups is 1. The summed E-state index contributed by atoms with van der Waals surface area (Å²) in [5.74, 6) is 0.871. The summed E-state index contributed by atoms with van der Waals surface area (Å²) in [6.45, 7) is 2.70. The van der Waals surface area contributed by atoms with Gasteiger partial charge < -0.3 is 15.6 Å². The molecular formula is C11H15NO2. The lowest BCUT2D eigenvalue weighted by Crippen LogP contribution is -2.22. The van der Waals surface area contributed by atoms with Gasteiger partial charge in [0.15, 0.2) is 0 Å². The van der Waals surface area contributed by atoms with Crippen LogP contribution in [0.25, 0.3) is 0 Å². The zero-order valence-electron chi connectivity index (χ0n) is 8.29. The maximum absolute atomic E-state index is 9.19. The average molecular weight is 193 g/mol. The van der Waals surface area contributed by atoms with E-state index in [0.29, 0.717) is 6.61 Å². The minimum Gasteiger partial charge on any atom is -0.493 e. The molecule has 3 nitrogen and oxygen atoms in total. The lowest BCUT2D eigenvalue weighted by atomic mass is 9.94. The lowest BCUT2D eigenvalue weighted by molar-refractivity contribution is 0.252. The molecule has 1 atom stereocenters. The van der Waals surface area contributed by atoms with Crippen LogP contribution in [0, 0.1) is 6.92 Å². The molecule has 0 aliphatic carbocycles. The van der Waals surface area contributed by atoms with Crippen molar-refractivity contribution in [1.82, 2.24) is 0 Å². The maximum Gasteiger partial charge on any atom is 0.127 e. The van der Waals surface area contributed by atoms with Crippen LogP contribution in [-0.2, 0) is 6.61 Å². The molecule has 0 spiro atoms. The number of hydrogen-bond acceptors (Lipinski definition) is 3. The summed E-state index contributed by atoms with van der Waals surface area (Å²) in [4.78, 5) is 0. The third-order valence-electron chi connectivity index (χ3n) is 2.70. The van der Waals surface area contributed by atoms with Gasteiger partial charge in [-0.3, -0.25) is 0 Å². The van der Waals surface area contributed by atoms with Crippen LogP contribution in [0.5, 0.6) is 5.75 Å². The van der Waals surface area contributed by atoms with Gasteiger partial charge in [0.1, 0.15) is 5.75 Å². The molecule has 1 aliphatic heterocycles. The molecule has 0 fully saturated rings. The van der Waals surface area contributed by atoms with Gasteiger partial charge in [0, 0.05) is 18.0 Å². The summed E-state index contributed by atoms with van der Waals surface area (Å²) < 4.78 is 5.58. The summed E-state index contributed by atoms with van der Waals surface area (Å²) in [5, 5.41) is 9.19. The minimum absolute atomic E-state index is 0.000741. The topological polar surface area (TPSA) is 55.5 Å². The van der Waals surface area contributed by atoms with Crippen molar-refractivity contribution >= 4 is 0 Å². The van der Waals surface area contributed by atoms with Crippen LogP contribution in [0.4, 0.5) is 0 Å². The SMILES string of the molecule is Cc1ccc(CO)c2c1OCC[C@H]2N. The summed E-state index contributed by atoms with van der Waals surface area (Å²) in [7, 11) is 0. The van der Waals surface area contributed by atoms with Crippen LogP contribution in [0.3, 0.4) is 0 Å². The molecule has 76 valence electrons. The molecule has 0 saturated carbocycles. The Kier molecular flexibility index (Phi) is 2.44. The van der Waals surface area contributed by atoms with Crippen molar-refractivity contribution < 1.29 is 9.84 Å². The second kappa shape index (κ2) is 3.59. The van der Waals surface area contributed by atoms with E-state index in [0.717, 1.165) is 28.9 Å². The van der Waals surface area contributed by atoms with E-state index in [1.165, 1.54) is 0 Å². The molecule has 3 N–H and O–H groups in total. The van der Waals surface area contributed by atoms with Gasteiger partial charge in [0.25, 0.3) is 0 Å². The van der Waals surface area contributed by atoms with E-state index in [1.54, 1.807) is 0 Å². The first-order chi connectivity index (χ1) is 6.74. The summed E-state index contributed by atoms with van der Waals surface area (Å²) in [6, 6.07) is 3.88. The van der Waals surface area contributed by atoms with Crippen LogP contribution in [0.2, 0.25) is 0 Å². The predicted octanol–water partition coefficient (Wildman–Crippen LogP) is 1.27. The smallest absolute Gasteiger partial charge is 0.127 e. The Morgan fingerprint density at radius 2 is 2.36 bits per heavy atom. The third kappa shape index (κ3) is 1.38. The molecule has 0 amide bonds. The van der Waals surface area contributed by atoms with Gasteiger partial charge in [-0.25, -0.2) is 0 Å². The van der Waals surface area contributed by atoms with Crippen molar-refractivity contribution in [2.75, 3.05) is 6.61 Å². The standard InChI is InChI=1S/C11H15NO2/c1-7-2-3-8(6-13)10-9(12)4-5-14-11(7)10/h2-3,9,13H,4-6,12H2,1H3/t9-/m1/s1. The third-order valence-corrected chi connectivity index (χ3v) is 2.70. The molecule has 0 aromatic heterocycles. The monoisotopic (exact) mass is 193 g/mol. The number of fused-ring (bicyclic) bond motifs is 1. The Morgan fingerprint density at radius 1 is 1.57 bits per heavy atom. The van der Waals surface area contributed by atoms with Gasteiger partial charge in [-0.15, -0.1) is 0 Å². The second-order valence-electron chi connectivity index (χ2n) is 3.69. The fourth-order valence-electron chi connectivity index (χ4n) is 1.92. The number of aryl methyl sites for hydroxylation is 1. The molecule has 0 bridgehead atoms. The number of benzene rings is 1.